The minimum absolute atomic E-state index is 1.10. The highest BCUT2D eigenvalue weighted by Crippen LogP contribution is 2.43. The smallest absolute Gasteiger partial charge is 0.0468 e. The molecule has 10 rings (SSSR count). The first-order valence-electron chi connectivity index (χ1n) is 18.3. The molecule has 0 heterocycles. The van der Waals surface area contributed by atoms with E-state index < -0.39 is 0 Å². The minimum atomic E-state index is 1.10. The van der Waals surface area contributed by atoms with Crippen molar-refractivity contribution >= 4 is 60.2 Å². The summed E-state index contributed by atoms with van der Waals surface area (Å²) in [5.74, 6) is 0. The number of benzene rings is 10. The molecular formula is C52H35N. The lowest BCUT2D eigenvalue weighted by Crippen LogP contribution is -2.10. The third kappa shape index (κ3) is 5.51. The average Bonchev–Trinajstić information content (AvgIpc) is 3.24. The van der Waals surface area contributed by atoms with Crippen LogP contribution in [0.25, 0.3) is 76.5 Å². The number of hydrogen-bond donors (Lipinski definition) is 0. The fourth-order valence-electron chi connectivity index (χ4n) is 8.07. The van der Waals surface area contributed by atoms with Crippen molar-refractivity contribution in [3.63, 3.8) is 0 Å². The van der Waals surface area contributed by atoms with Crippen LogP contribution >= 0.6 is 0 Å². The zero-order valence-electron chi connectivity index (χ0n) is 29.2. The van der Waals surface area contributed by atoms with E-state index >= 15 is 0 Å². The van der Waals surface area contributed by atoms with Crippen molar-refractivity contribution in [2.45, 2.75) is 0 Å². The monoisotopic (exact) mass is 673 g/mol. The van der Waals surface area contributed by atoms with E-state index in [0.29, 0.717) is 0 Å². The van der Waals surface area contributed by atoms with E-state index in [1.807, 2.05) is 0 Å². The highest BCUT2D eigenvalue weighted by Gasteiger charge is 2.18. The molecule has 10 aromatic carbocycles. The standard InChI is InChI=1S/C52H35N/c1-3-13-36(14-4-1)47-31-30-44(35-52(47)37-15-5-2-6-16-37)53(43-29-32-48-41(33-43)24-23-38-17-7-9-19-45(38)48)42-27-25-39(26-28-42)51-34-40-18-8-10-20-46(40)49-21-11-12-22-50(49)51/h1-35H. The van der Waals surface area contributed by atoms with Crippen LogP contribution in [0.5, 0.6) is 0 Å². The Morgan fingerprint density at radius 1 is 0.226 bits per heavy atom. The van der Waals surface area contributed by atoms with Crippen LogP contribution in [-0.4, -0.2) is 0 Å². The van der Waals surface area contributed by atoms with Gasteiger partial charge in [-0.15, -0.1) is 0 Å². The number of fused-ring (bicyclic) bond motifs is 6. The van der Waals surface area contributed by atoms with Gasteiger partial charge < -0.3 is 4.90 Å². The molecular weight excluding hydrogens is 639 g/mol. The predicted octanol–water partition coefficient (Wildman–Crippen LogP) is 14.8. The Labute approximate surface area is 309 Å². The molecule has 1 heteroatoms. The van der Waals surface area contributed by atoms with Gasteiger partial charge in [0.1, 0.15) is 0 Å². The van der Waals surface area contributed by atoms with Crippen LogP contribution in [-0.2, 0) is 0 Å². The van der Waals surface area contributed by atoms with Gasteiger partial charge in [0.05, 0.1) is 0 Å². The third-order valence-electron chi connectivity index (χ3n) is 10.6. The van der Waals surface area contributed by atoms with Crippen molar-refractivity contribution in [2.75, 3.05) is 4.90 Å². The second-order valence-electron chi connectivity index (χ2n) is 13.7. The van der Waals surface area contributed by atoms with E-state index in [2.05, 4.69) is 217 Å². The van der Waals surface area contributed by atoms with Crippen LogP contribution in [0, 0.1) is 0 Å². The molecule has 0 unspecified atom stereocenters. The molecule has 0 aromatic heterocycles. The van der Waals surface area contributed by atoms with Crippen molar-refractivity contribution in [2.24, 2.45) is 0 Å². The molecule has 0 bridgehead atoms. The van der Waals surface area contributed by atoms with Gasteiger partial charge in [0, 0.05) is 17.1 Å². The molecule has 0 aliphatic rings. The molecule has 0 saturated heterocycles. The third-order valence-corrected chi connectivity index (χ3v) is 10.6. The van der Waals surface area contributed by atoms with Crippen molar-refractivity contribution < 1.29 is 0 Å². The van der Waals surface area contributed by atoms with Crippen LogP contribution in [0.15, 0.2) is 212 Å². The second kappa shape index (κ2) is 13.0. The number of anilines is 3. The van der Waals surface area contributed by atoms with Gasteiger partial charge in [0.15, 0.2) is 0 Å². The molecule has 0 saturated carbocycles. The van der Waals surface area contributed by atoms with Crippen LogP contribution in [0.2, 0.25) is 0 Å². The zero-order valence-corrected chi connectivity index (χ0v) is 29.2. The Morgan fingerprint density at radius 3 is 1.43 bits per heavy atom. The van der Waals surface area contributed by atoms with Crippen molar-refractivity contribution in [1.82, 2.24) is 0 Å². The Bertz CT molecular complexity index is 2930. The number of rotatable bonds is 6. The molecule has 248 valence electrons. The van der Waals surface area contributed by atoms with Crippen molar-refractivity contribution in [3.05, 3.63) is 212 Å². The quantitative estimate of drug-likeness (QED) is 0.159. The maximum absolute atomic E-state index is 2.40. The van der Waals surface area contributed by atoms with Crippen molar-refractivity contribution in [1.29, 1.82) is 0 Å². The summed E-state index contributed by atoms with van der Waals surface area (Å²) in [5.41, 5.74) is 10.6. The molecule has 0 aliphatic heterocycles. The maximum Gasteiger partial charge on any atom is 0.0468 e. The SMILES string of the molecule is c1ccc(-c2ccc(N(c3ccc(-c4cc5ccccc5c5ccccc45)cc3)c3ccc4c(ccc5ccccc54)c3)cc2-c2ccccc2)cc1. The van der Waals surface area contributed by atoms with Crippen LogP contribution in [0.3, 0.4) is 0 Å². The van der Waals surface area contributed by atoms with E-state index in [4.69, 9.17) is 0 Å². The summed E-state index contributed by atoms with van der Waals surface area (Å²) in [6.45, 7) is 0. The fourth-order valence-corrected chi connectivity index (χ4v) is 8.07. The molecule has 1 nitrogen and oxygen atoms in total. The average molecular weight is 674 g/mol. The van der Waals surface area contributed by atoms with E-state index in [1.165, 1.54) is 76.5 Å². The molecule has 0 amide bonds. The molecule has 0 fully saturated rings. The summed E-state index contributed by atoms with van der Waals surface area (Å²) in [4.78, 5) is 2.40. The normalized spacial score (nSPS) is 11.4. The highest BCUT2D eigenvalue weighted by atomic mass is 15.1. The summed E-state index contributed by atoms with van der Waals surface area (Å²) in [6, 6.07) is 77.3. The van der Waals surface area contributed by atoms with E-state index in [-0.39, 0.29) is 0 Å². The largest absolute Gasteiger partial charge is 0.310 e. The second-order valence-corrected chi connectivity index (χ2v) is 13.7. The highest BCUT2D eigenvalue weighted by molar-refractivity contribution is 6.14. The van der Waals surface area contributed by atoms with E-state index in [9.17, 15) is 0 Å². The molecule has 53 heavy (non-hydrogen) atoms. The van der Waals surface area contributed by atoms with Gasteiger partial charge in [-0.05, 0) is 119 Å². The van der Waals surface area contributed by atoms with Gasteiger partial charge in [-0.1, -0.05) is 170 Å². The molecule has 10 aromatic rings. The first-order valence-corrected chi connectivity index (χ1v) is 18.3. The summed E-state index contributed by atoms with van der Waals surface area (Å²) >= 11 is 0. The number of nitrogens with zero attached hydrogens (tertiary/aromatic N) is 1. The molecule has 0 radical (unpaired) electrons. The van der Waals surface area contributed by atoms with Crippen LogP contribution in [0.4, 0.5) is 17.1 Å². The Kier molecular flexibility index (Phi) is 7.55. The lowest BCUT2D eigenvalue weighted by Gasteiger charge is -2.27. The maximum atomic E-state index is 2.40. The first-order chi connectivity index (χ1) is 26.3. The van der Waals surface area contributed by atoms with Crippen molar-refractivity contribution in [3.8, 4) is 33.4 Å². The van der Waals surface area contributed by atoms with Gasteiger partial charge in [-0.2, -0.15) is 0 Å². The van der Waals surface area contributed by atoms with Gasteiger partial charge in [-0.25, -0.2) is 0 Å². The fraction of sp³-hybridized carbons (Fsp3) is 0. The Hall–Kier alpha value is -6.96. The van der Waals surface area contributed by atoms with Crippen LogP contribution in [0.1, 0.15) is 0 Å². The summed E-state index contributed by atoms with van der Waals surface area (Å²) in [6.07, 6.45) is 0. The predicted molar refractivity (Wildman–Crippen MR) is 227 cm³/mol. The Morgan fingerprint density at radius 2 is 0.698 bits per heavy atom. The van der Waals surface area contributed by atoms with Gasteiger partial charge in [-0.3, -0.25) is 0 Å². The van der Waals surface area contributed by atoms with Gasteiger partial charge >= 0.3 is 0 Å². The summed E-state index contributed by atoms with van der Waals surface area (Å²) < 4.78 is 0. The molecule has 0 atom stereocenters. The molecule has 0 aliphatic carbocycles. The lowest BCUT2D eigenvalue weighted by atomic mass is 9.93. The molecule has 0 N–H and O–H groups in total. The van der Waals surface area contributed by atoms with Gasteiger partial charge in [0.2, 0.25) is 0 Å². The summed E-state index contributed by atoms with van der Waals surface area (Å²) in [5, 5.41) is 10.1. The minimum Gasteiger partial charge on any atom is -0.310 e. The van der Waals surface area contributed by atoms with Crippen LogP contribution < -0.4 is 4.90 Å². The lowest BCUT2D eigenvalue weighted by molar-refractivity contribution is 1.29. The van der Waals surface area contributed by atoms with E-state index in [1.54, 1.807) is 0 Å². The van der Waals surface area contributed by atoms with E-state index in [0.717, 1.165) is 17.1 Å². The zero-order chi connectivity index (χ0) is 35.1. The van der Waals surface area contributed by atoms with Gasteiger partial charge in [0.25, 0.3) is 0 Å². The summed E-state index contributed by atoms with van der Waals surface area (Å²) in [7, 11) is 0. The molecule has 0 spiro atoms. The topological polar surface area (TPSA) is 3.24 Å². The Balaban J connectivity index is 1.16. The number of hydrogen-bond acceptors (Lipinski definition) is 1. The first kappa shape index (κ1) is 30.8.